The number of thiocarbonyl (C=S) groups is 1. The number of Topliss-reactive ketones (excluding diaryl/α,β-unsaturated/α-hetero) is 1. The summed E-state index contributed by atoms with van der Waals surface area (Å²) >= 11 is 5.06. The molecule has 4 nitrogen and oxygen atoms in total. The monoisotopic (exact) mass is 278 g/mol. The average molecular weight is 278 g/mol. The summed E-state index contributed by atoms with van der Waals surface area (Å²) in [4.78, 5) is 23.0. The fourth-order valence-electron chi connectivity index (χ4n) is 1.27. The van der Waals surface area contributed by atoms with Gasteiger partial charge in [0, 0.05) is 16.7 Å². The Kier molecular flexibility index (Phi) is 4.78. The van der Waals surface area contributed by atoms with Gasteiger partial charge in [0.05, 0.1) is 0 Å². The predicted molar refractivity (Wildman–Crippen MR) is 80.3 cm³/mol. The summed E-state index contributed by atoms with van der Waals surface area (Å²) in [6.45, 7) is 6.92. The Balaban J connectivity index is 2.70. The number of hydrogen-bond donors (Lipinski definition) is 2. The SMILES string of the molecule is CC(=O)c1cccc(NC(=S)NC(=O)C(C)(C)C)c1. The van der Waals surface area contributed by atoms with E-state index in [0.29, 0.717) is 11.3 Å². The minimum Gasteiger partial charge on any atom is -0.332 e. The molecule has 0 saturated carbocycles. The molecule has 0 aliphatic carbocycles. The lowest BCUT2D eigenvalue weighted by molar-refractivity contribution is -0.126. The van der Waals surface area contributed by atoms with Crippen LogP contribution in [0.15, 0.2) is 24.3 Å². The van der Waals surface area contributed by atoms with Crippen molar-refractivity contribution in [3.05, 3.63) is 29.8 Å². The van der Waals surface area contributed by atoms with Crippen LogP contribution in [-0.2, 0) is 4.79 Å². The molecule has 0 heterocycles. The Morgan fingerprint density at radius 3 is 2.37 bits per heavy atom. The van der Waals surface area contributed by atoms with E-state index in [1.165, 1.54) is 6.92 Å². The molecule has 5 heteroatoms. The van der Waals surface area contributed by atoms with E-state index in [1.54, 1.807) is 45.0 Å². The van der Waals surface area contributed by atoms with Crippen LogP contribution >= 0.6 is 12.2 Å². The molecule has 102 valence electrons. The smallest absolute Gasteiger partial charge is 0.231 e. The molecule has 1 aromatic rings. The molecule has 0 spiro atoms. The van der Waals surface area contributed by atoms with Crippen molar-refractivity contribution in [3.63, 3.8) is 0 Å². The van der Waals surface area contributed by atoms with Gasteiger partial charge in [0.15, 0.2) is 10.9 Å². The minimum absolute atomic E-state index is 0.0201. The van der Waals surface area contributed by atoms with Crippen LogP contribution in [-0.4, -0.2) is 16.8 Å². The summed E-state index contributed by atoms with van der Waals surface area (Å²) in [5.41, 5.74) is 0.759. The molecule has 19 heavy (non-hydrogen) atoms. The zero-order valence-electron chi connectivity index (χ0n) is 11.5. The molecular weight excluding hydrogens is 260 g/mol. The van der Waals surface area contributed by atoms with Gasteiger partial charge in [0.2, 0.25) is 5.91 Å². The Bertz CT molecular complexity index is 518. The molecule has 0 unspecified atom stereocenters. The van der Waals surface area contributed by atoms with Crippen LogP contribution in [0.1, 0.15) is 38.1 Å². The molecule has 1 rings (SSSR count). The molecule has 1 amide bonds. The van der Waals surface area contributed by atoms with Gasteiger partial charge in [-0.1, -0.05) is 32.9 Å². The van der Waals surface area contributed by atoms with Crippen molar-refractivity contribution in [2.45, 2.75) is 27.7 Å². The highest BCUT2D eigenvalue weighted by atomic mass is 32.1. The molecule has 0 aliphatic heterocycles. The first-order chi connectivity index (χ1) is 8.70. The van der Waals surface area contributed by atoms with Crippen molar-refractivity contribution in [3.8, 4) is 0 Å². The van der Waals surface area contributed by atoms with Crippen molar-refractivity contribution in [2.24, 2.45) is 5.41 Å². The number of amides is 1. The summed E-state index contributed by atoms with van der Waals surface area (Å²) in [6, 6.07) is 6.96. The maximum Gasteiger partial charge on any atom is 0.231 e. The first-order valence-corrected chi connectivity index (χ1v) is 6.34. The fourth-order valence-corrected chi connectivity index (χ4v) is 1.48. The second-order valence-electron chi connectivity index (χ2n) is 5.30. The summed E-state index contributed by atoms with van der Waals surface area (Å²) in [6.07, 6.45) is 0. The van der Waals surface area contributed by atoms with E-state index in [4.69, 9.17) is 12.2 Å². The standard InChI is InChI=1S/C14H18N2O2S/c1-9(17)10-6-5-7-11(8-10)15-13(19)16-12(18)14(2,3)4/h5-8H,1-4H3,(H2,15,16,18,19). The molecule has 0 fully saturated rings. The van der Waals surface area contributed by atoms with E-state index in [9.17, 15) is 9.59 Å². The number of carbonyl (C=O) groups is 2. The second kappa shape index (κ2) is 5.93. The van der Waals surface area contributed by atoms with Gasteiger partial charge in [-0.25, -0.2) is 0 Å². The van der Waals surface area contributed by atoms with Gasteiger partial charge in [-0.3, -0.25) is 9.59 Å². The van der Waals surface area contributed by atoms with Gasteiger partial charge in [-0.05, 0) is 31.3 Å². The van der Waals surface area contributed by atoms with E-state index in [1.807, 2.05) is 0 Å². The van der Waals surface area contributed by atoms with Gasteiger partial charge in [-0.15, -0.1) is 0 Å². The van der Waals surface area contributed by atoms with Crippen LogP contribution in [0.4, 0.5) is 5.69 Å². The Morgan fingerprint density at radius 1 is 1.21 bits per heavy atom. The number of carbonyl (C=O) groups excluding carboxylic acids is 2. The minimum atomic E-state index is -0.507. The third-order valence-electron chi connectivity index (χ3n) is 2.44. The maximum absolute atomic E-state index is 11.7. The van der Waals surface area contributed by atoms with E-state index in [-0.39, 0.29) is 16.8 Å². The molecule has 0 saturated heterocycles. The lowest BCUT2D eigenvalue weighted by Crippen LogP contribution is -2.41. The lowest BCUT2D eigenvalue weighted by Gasteiger charge is -2.18. The molecular formula is C14H18N2O2S. The van der Waals surface area contributed by atoms with Crippen LogP contribution in [0.2, 0.25) is 0 Å². The van der Waals surface area contributed by atoms with Gasteiger partial charge in [0.25, 0.3) is 0 Å². The lowest BCUT2D eigenvalue weighted by atomic mass is 9.96. The molecule has 0 atom stereocenters. The molecule has 1 aromatic carbocycles. The van der Waals surface area contributed by atoms with E-state index in [2.05, 4.69) is 10.6 Å². The first kappa shape index (κ1) is 15.3. The van der Waals surface area contributed by atoms with Crippen LogP contribution < -0.4 is 10.6 Å². The second-order valence-corrected chi connectivity index (χ2v) is 5.70. The Morgan fingerprint density at radius 2 is 1.84 bits per heavy atom. The number of nitrogens with one attached hydrogen (secondary N) is 2. The number of hydrogen-bond acceptors (Lipinski definition) is 3. The van der Waals surface area contributed by atoms with Gasteiger partial charge >= 0.3 is 0 Å². The number of ketones is 1. The van der Waals surface area contributed by atoms with Gasteiger partial charge in [0.1, 0.15) is 0 Å². The average Bonchev–Trinajstić information content (AvgIpc) is 2.27. The zero-order valence-corrected chi connectivity index (χ0v) is 12.4. The van der Waals surface area contributed by atoms with Crippen molar-refractivity contribution in [1.82, 2.24) is 5.32 Å². The topological polar surface area (TPSA) is 58.2 Å². The summed E-state index contributed by atoms with van der Waals surface area (Å²) < 4.78 is 0. The van der Waals surface area contributed by atoms with Crippen molar-refractivity contribution in [2.75, 3.05) is 5.32 Å². The molecule has 0 radical (unpaired) electrons. The summed E-state index contributed by atoms with van der Waals surface area (Å²) in [7, 11) is 0. The van der Waals surface area contributed by atoms with Gasteiger partial charge < -0.3 is 10.6 Å². The normalized spacial score (nSPS) is 10.7. The van der Waals surface area contributed by atoms with Crippen molar-refractivity contribution < 1.29 is 9.59 Å². The van der Waals surface area contributed by atoms with Crippen LogP contribution in [0.5, 0.6) is 0 Å². The molecule has 0 aromatic heterocycles. The van der Waals surface area contributed by atoms with Crippen molar-refractivity contribution >= 4 is 34.7 Å². The number of benzene rings is 1. The number of rotatable bonds is 2. The van der Waals surface area contributed by atoms with Crippen LogP contribution in [0.3, 0.4) is 0 Å². The van der Waals surface area contributed by atoms with E-state index in [0.717, 1.165) is 0 Å². The third-order valence-corrected chi connectivity index (χ3v) is 2.64. The molecule has 0 bridgehead atoms. The Labute approximate surface area is 118 Å². The number of anilines is 1. The van der Waals surface area contributed by atoms with Crippen LogP contribution in [0, 0.1) is 5.41 Å². The zero-order chi connectivity index (χ0) is 14.6. The highest BCUT2D eigenvalue weighted by Gasteiger charge is 2.21. The van der Waals surface area contributed by atoms with E-state index < -0.39 is 5.41 Å². The quantitative estimate of drug-likeness (QED) is 0.645. The first-order valence-electron chi connectivity index (χ1n) is 5.93. The highest BCUT2D eigenvalue weighted by Crippen LogP contribution is 2.14. The maximum atomic E-state index is 11.7. The van der Waals surface area contributed by atoms with Crippen LogP contribution in [0.25, 0.3) is 0 Å². The fraction of sp³-hybridized carbons (Fsp3) is 0.357. The van der Waals surface area contributed by atoms with Crippen molar-refractivity contribution in [1.29, 1.82) is 0 Å². The van der Waals surface area contributed by atoms with Gasteiger partial charge in [-0.2, -0.15) is 0 Å². The third kappa shape index (κ3) is 4.79. The van der Waals surface area contributed by atoms with E-state index >= 15 is 0 Å². The largest absolute Gasteiger partial charge is 0.332 e. The molecule has 2 N–H and O–H groups in total. The molecule has 0 aliphatic rings. The predicted octanol–water partition coefficient (Wildman–Crippen LogP) is 2.75. The summed E-state index contributed by atoms with van der Waals surface area (Å²) in [5.74, 6) is -0.180. The Hall–Kier alpha value is -1.75. The summed E-state index contributed by atoms with van der Waals surface area (Å²) in [5, 5.41) is 5.72. The highest BCUT2D eigenvalue weighted by molar-refractivity contribution is 7.80.